The molecular formula is C21H28N4O4. The molecule has 1 atom stereocenters. The maximum Gasteiger partial charge on any atom is 0.237 e. The van der Waals surface area contributed by atoms with Crippen LogP contribution in [0.1, 0.15) is 41.6 Å². The van der Waals surface area contributed by atoms with Crippen molar-refractivity contribution in [2.45, 2.75) is 38.6 Å². The molecule has 2 aliphatic rings. The first-order valence-corrected chi connectivity index (χ1v) is 10.1. The number of nitrogens with zero attached hydrogens (tertiary/aromatic N) is 4. The number of hydrogen-bond acceptors (Lipinski definition) is 7. The smallest absolute Gasteiger partial charge is 0.237 e. The molecule has 1 fully saturated rings. The molecule has 29 heavy (non-hydrogen) atoms. The van der Waals surface area contributed by atoms with Crippen molar-refractivity contribution < 1.29 is 18.8 Å². The van der Waals surface area contributed by atoms with E-state index in [4.69, 9.17) is 14.0 Å². The minimum Gasteiger partial charge on any atom is -0.493 e. The van der Waals surface area contributed by atoms with Crippen molar-refractivity contribution >= 4 is 5.91 Å². The van der Waals surface area contributed by atoms with Gasteiger partial charge in [0.15, 0.2) is 17.3 Å². The molecule has 2 aromatic rings. The third-order valence-corrected chi connectivity index (χ3v) is 5.83. The first-order valence-electron chi connectivity index (χ1n) is 10.1. The fourth-order valence-electron chi connectivity index (χ4n) is 4.27. The van der Waals surface area contributed by atoms with Crippen LogP contribution < -0.4 is 9.47 Å². The largest absolute Gasteiger partial charge is 0.493 e. The van der Waals surface area contributed by atoms with E-state index in [1.807, 2.05) is 24.0 Å². The highest BCUT2D eigenvalue weighted by Gasteiger charge is 2.29. The molecule has 2 aliphatic heterocycles. The second-order valence-corrected chi connectivity index (χ2v) is 7.80. The number of benzene rings is 1. The van der Waals surface area contributed by atoms with Gasteiger partial charge in [0.05, 0.1) is 26.7 Å². The van der Waals surface area contributed by atoms with Gasteiger partial charge in [-0.3, -0.25) is 9.69 Å². The van der Waals surface area contributed by atoms with E-state index in [-0.39, 0.29) is 11.8 Å². The second kappa shape index (κ2) is 8.41. The van der Waals surface area contributed by atoms with Crippen LogP contribution in [0.4, 0.5) is 0 Å². The topological polar surface area (TPSA) is 80.9 Å². The molecule has 3 heterocycles. The molecule has 1 aromatic carbocycles. The number of ether oxygens (including phenoxy) is 2. The first-order chi connectivity index (χ1) is 14.1. The Hall–Kier alpha value is -2.61. The fraction of sp³-hybridized carbons (Fsp3) is 0.571. The molecule has 0 saturated carbocycles. The van der Waals surface area contributed by atoms with Gasteiger partial charge in [0.25, 0.3) is 0 Å². The molecule has 0 aliphatic carbocycles. The van der Waals surface area contributed by atoms with Gasteiger partial charge in [-0.1, -0.05) is 5.16 Å². The van der Waals surface area contributed by atoms with Gasteiger partial charge in [0.2, 0.25) is 11.8 Å². The van der Waals surface area contributed by atoms with Crippen LogP contribution in [0, 0.1) is 6.92 Å². The summed E-state index contributed by atoms with van der Waals surface area (Å²) in [5.74, 6) is 3.15. The normalized spacial score (nSPS) is 19.7. The number of fused-ring (bicyclic) bond motifs is 1. The molecule has 8 nitrogen and oxygen atoms in total. The summed E-state index contributed by atoms with van der Waals surface area (Å²) >= 11 is 0. The third kappa shape index (κ3) is 4.22. The fourth-order valence-corrected chi connectivity index (χ4v) is 4.27. The van der Waals surface area contributed by atoms with Crippen LogP contribution in [-0.2, 0) is 17.8 Å². The van der Waals surface area contributed by atoms with E-state index in [0.29, 0.717) is 30.6 Å². The molecule has 1 unspecified atom stereocenters. The monoisotopic (exact) mass is 400 g/mol. The Bertz CT molecular complexity index is 882. The highest BCUT2D eigenvalue weighted by atomic mass is 16.5. The lowest BCUT2D eigenvalue weighted by atomic mass is 9.97. The Balaban J connectivity index is 1.39. The highest BCUT2D eigenvalue weighted by molar-refractivity contribution is 5.78. The van der Waals surface area contributed by atoms with Crippen LogP contribution in [0.25, 0.3) is 0 Å². The number of amides is 1. The molecule has 8 heteroatoms. The Kier molecular flexibility index (Phi) is 5.71. The van der Waals surface area contributed by atoms with Crippen LogP contribution in [0.15, 0.2) is 16.7 Å². The minimum atomic E-state index is 0.160. The average Bonchev–Trinajstić information content (AvgIpc) is 3.18. The SMILES string of the molecule is COc1cc2c(cc1OC)CN(C(=O)CN1CCCC(c3nc(C)no3)C1)CC2. The molecular weight excluding hydrogens is 372 g/mol. The molecule has 0 radical (unpaired) electrons. The van der Waals surface area contributed by atoms with Gasteiger partial charge < -0.3 is 18.9 Å². The maximum atomic E-state index is 13.0. The van der Waals surface area contributed by atoms with Gasteiger partial charge in [0.1, 0.15) is 0 Å². The van der Waals surface area contributed by atoms with Crippen molar-refractivity contribution in [2.75, 3.05) is 40.4 Å². The van der Waals surface area contributed by atoms with E-state index in [9.17, 15) is 4.79 Å². The molecule has 0 N–H and O–H groups in total. The molecule has 0 bridgehead atoms. The van der Waals surface area contributed by atoms with Gasteiger partial charge in [-0.05, 0) is 56.0 Å². The molecule has 0 spiro atoms. The molecule has 1 aromatic heterocycles. The highest BCUT2D eigenvalue weighted by Crippen LogP contribution is 2.33. The van der Waals surface area contributed by atoms with Gasteiger partial charge in [-0.25, -0.2) is 0 Å². The lowest BCUT2D eigenvalue weighted by Crippen LogP contribution is -2.45. The number of piperidine rings is 1. The number of likely N-dealkylation sites (tertiary alicyclic amines) is 1. The lowest BCUT2D eigenvalue weighted by molar-refractivity contribution is -0.133. The standard InChI is InChI=1S/C21H28N4O4/c1-14-22-21(29-23-14)16-5-4-7-24(11-16)13-20(26)25-8-6-15-9-18(27-2)19(28-3)10-17(15)12-25/h9-10,16H,4-8,11-13H2,1-3H3. The third-order valence-electron chi connectivity index (χ3n) is 5.83. The Morgan fingerprint density at radius 1 is 1.21 bits per heavy atom. The van der Waals surface area contributed by atoms with E-state index in [1.165, 1.54) is 5.56 Å². The quantitative estimate of drug-likeness (QED) is 0.761. The van der Waals surface area contributed by atoms with Crippen LogP contribution >= 0.6 is 0 Å². The van der Waals surface area contributed by atoms with E-state index in [1.54, 1.807) is 14.2 Å². The van der Waals surface area contributed by atoms with E-state index in [2.05, 4.69) is 15.0 Å². The molecule has 1 amide bonds. The number of rotatable bonds is 5. The number of hydrogen-bond donors (Lipinski definition) is 0. The summed E-state index contributed by atoms with van der Waals surface area (Å²) in [6.45, 7) is 5.28. The second-order valence-electron chi connectivity index (χ2n) is 7.80. The number of methoxy groups -OCH3 is 2. The van der Waals surface area contributed by atoms with Gasteiger partial charge >= 0.3 is 0 Å². The average molecular weight is 400 g/mol. The van der Waals surface area contributed by atoms with Crippen LogP contribution in [0.3, 0.4) is 0 Å². The van der Waals surface area contributed by atoms with Crippen LogP contribution in [0.2, 0.25) is 0 Å². The number of carbonyl (C=O) groups is 1. The van der Waals surface area contributed by atoms with Crippen molar-refractivity contribution in [1.29, 1.82) is 0 Å². The number of aryl methyl sites for hydroxylation is 1. The predicted octanol–water partition coefficient (Wildman–Crippen LogP) is 2.16. The van der Waals surface area contributed by atoms with Crippen molar-refractivity contribution in [2.24, 2.45) is 0 Å². The van der Waals surface area contributed by atoms with Crippen molar-refractivity contribution in [3.8, 4) is 11.5 Å². The maximum absolute atomic E-state index is 13.0. The number of carbonyl (C=O) groups excluding carboxylic acids is 1. The minimum absolute atomic E-state index is 0.160. The van der Waals surface area contributed by atoms with Crippen LogP contribution in [0.5, 0.6) is 11.5 Å². The zero-order chi connectivity index (χ0) is 20.4. The van der Waals surface area contributed by atoms with Gasteiger partial charge in [-0.2, -0.15) is 4.98 Å². The summed E-state index contributed by atoms with van der Waals surface area (Å²) in [6.07, 6.45) is 2.87. The number of aromatic nitrogens is 2. The molecule has 156 valence electrons. The van der Waals surface area contributed by atoms with Crippen molar-refractivity contribution in [3.05, 3.63) is 35.0 Å². The van der Waals surface area contributed by atoms with Gasteiger partial charge in [0, 0.05) is 19.6 Å². The van der Waals surface area contributed by atoms with E-state index < -0.39 is 0 Å². The molecule has 1 saturated heterocycles. The van der Waals surface area contributed by atoms with Crippen molar-refractivity contribution in [1.82, 2.24) is 19.9 Å². The Labute approximate surface area is 170 Å². The van der Waals surface area contributed by atoms with Crippen LogP contribution in [-0.4, -0.2) is 66.2 Å². The summed E-state index contributed by atoms with van der Waals surface area (Å²) < 4.78 is 16.2. The summed E-state index contributed by atoms with van der Waals surface area (Å²) in [5, 5.41) is 3.90. The Morgan fingerprint density at radius 2 is 1.97 bits per heavy atom. The van der Waals surface area contributed by atoms with E-state index >= 15 is 0 Å². The van der Waals surface area contributed by atoms with E-state index in [0.717, 1.165) is 50.2 Å². The summed E-state index contributed by atoms with van der Waals surface area (Å²) in [7, 11) is 3.28. The summed E-state index contributed by atoms with van der Waals surface area (Å²) in [4.78, 5) is 21.5. The first kappa shape index (κ1) is 19.7. The lowest BCUT2D eigenvalue weighted by Gasteiger charge is -2.34. The zero-order valence-electron chi connectivity index (χ0n) is 17.3. The summed E-state index contributed by atoms with van der Waals surface area (Å²) in [5.41, 5.74) is 2.34. The van der Waals surface area contributed by atoms with Crippen molar-refractivity contribution in [3.63, 3.8) is 0 Å². The summed E-state index contributed by atoms with van der Waals surface area (Å²) in [6, 6.07) is 4.01. The Morgan fingerprint density at radius 3 is 2.66 bits per heavy atom. The predicted molar refractivity (Wildman–Crippen MR) is 106 cm³/mol. The molecule has 4 rings (SSSR count). The zero-order valence-corrected chi connectivity index (χ0v) is 17.3. The van der Waals surface area contributed by atoms with Gasteiger partial charge in [-0.15, -0.1) is 0 Å².